The lowest BCUT2D eigenvalue weighted by Gasteiger charge is -2.28. The van der Waals surface area contributed by atoms with Crippen LogP contribution in [0.1, 0.15) is 103 Å². The standard InChI is InChI=1S/C29H44O2/c1-4-6-8-10-14-20-30-28-24-16-12-13-17-25(24)29(31-21-15-11-9-7-5-2)27-22-23(3)18-19-26(27)28/h12-13,16-17,23H,4-11,14-15,18-22H2,1-3H3. The molecule has 0 N–H and O–H groups in total. The average molecular weight is 425 g/mol. The van der Waals surface area contributed by atoms with E-state index in [2.05, 4.69) is 45.0 Å². The zero-order valence-corrected chi connectivity index (χ0v) is 20.3. The van der Waals surface area contributed by atoms with Crippen molar-refractivity contribution in [3.05, 3.63) is 35.4 Å². The Kier molecular flexibility index (Phi) is 10.0. The Morgan fingerprint density at radius 1 is 0.710 bits per heavy atom. The zero-order valence-electron chi connectivity index (χ0n) is 20.3. The van der Waals surface area contributed by atoms with Gasteiger partial charge in [0.25, 0.3) is 0 Å². The first-order chi connectivity index (χ1) is 15.3. The Labute approximate surface area is 190 Å². The van der Waals surface area contributed by atoms with Crippen molar-refractivity contribution in [3.63, 3.8) is 0 Å². The van der Waals surface area contributed by atoms with Gasteiger partial charge < -0.3 is 9.47 Å². The van der Waals surface area contributed by atoms with Crippen molar-refractivity contribution in [2.24, 2.45) is 5.92 Å². The molecule has 2 heteroatoms. The van der Waals surface area contributed by atoms with Crippen molar-refractivity contribution in [1.82, 2.24) is 0 Å². The van der Waals surface area contributed by atoms with Crippen molar-refractivity contribution in [2.45, 2.75) is 104 Å². The van der Waals surface area contributed by atoms with Gasteiger partial charge in [-0.15, -0.1) is 0 Å². The summed E-state index contributed by atoms with van der Waals surface area (Å²) in [6.07, 6.45) is 16.2. The summed E-state index contributed by atoms with van der Waals surface area (Å²) in [4.78, 5) is 0. The summed E-state index contributed by atoms with van der Waals surface area (Å²) >= 11 is 0. The predicted molar refractivity (Wildman–Crippen MR) is 134 cm³/mol. The van der Waals surface area contributed by atoms with Crippen molar-refractivity contribution in [2.75, 3.05) is 13.2 Å². The molecule has 31 heavy (non-hydrogen) atoms. The highest BCUT2D eigenvalue weighted by molar-refractivity contribution is 5.96. The van der Waals surface area contributed by atoms with Gasteiger partial charge in [-0.25, -0.2) is 0 Å². The van der Waals surface area contributed by atoms with Crippen LogP contribution in [0.2, 0.25) is 0 Å². The summed E-state index contributed by atoms with van der Waals surface area (Å²) in [5, 5.41) is 2.48. The summed E-state index contributed by atoms with van der Waals surface area (Å²) in [6, 6.07) is 8.75. The molecule has 3 rings (SSSR count). The minimum Gasteiger partial charge on any atom is -0.493 e. The molecule has 1 aliphatic carbocycles. The van der Waals surface area contributed by atoms with E-state index in [-0.39, 0.29) is 0 Å². The van der Waals surface area contributed by atoms with E-state index in [1.54, 1.807) is 0 Å². The number of hydrogen-bond donors (Lipinski definition) is 0. The molecule has 1 unspecified atom stereocenters. The SMILES string of the molecule is CCCCCCCOc1c2c(c(OCCCCCCC)c3ccccc13)CC(C)CC2. The number of rotatable bonds is 14. The fraction of sp³-hybridized carbons (Fsp3) is 0.655. The van der Waals surface area contributed by atoms with E-state index in [1.165, 1.54) is 79.7 Å². The maximum Gasteiger partial charge on any atom is 0.130 e. The maximum absolute atomic E-state index is 6.52. The molecule has 0 aromatic heterocycles. The Morgan fingerprint density at radius 2 is 1.23 bits per heavy atom. The van der Waals surface area contributed by atoms with Crippen LogP contribution in [0.4, 0.5) is 0 Å². The third-order valence-electron chi connectivity index (χ3n) is 6.76. The van der Waals surface area contributed by atoms with Gasteiger partial charge in [-0.2, -0.15) is 0 Å². The second-order valence-electron chi connectivity index (χ2n) is 9.53. The van der Waals surface area contributed by atoms with Gasteiger partial charge in [0.05, 0.1) is 13.2 Å². The molecule has 0 bridgehead atoms. The summed E-state index contributed by atoms with van der Waals surface area (Å²) in [6.45, 7) is 8.57. The van der Waals surface area contributed by atoms with Crippen LogP contribution < -0.4 is 9.47 Å². The summed E-state index contributed by atoms with van der Waals surface area (Å²) in [5.74, 6) is 2.99. The van der Waals surface area contributed by atoms with Gasteiger partial charge in [0.1, 0.15) is 11.5 Å². The number of fused-ring (bicyclic) bond motifs is 2. The normalized spacial score (nSPS) is 15.8. The maximum atomic E-state index is 6.52. The van der Waals surface area contributed by atoms with Gasteiger partial charge in [0, 0.05) is 21.9 Å². The fourth-order valence-electron chi connectivity index (χ4n) is 4.89. The lowest BCUT2D eigenvalue weighted by molar-refractivity contribution is 0.291. The van der Waals surface area contributed by atoms with E-state index in [0.717, 1.165) is 50.4 Å². The Balaban J connectivity index is 1.80. The Hall–Kier alpha value is -1.70. The summed E-state index contributed by atoms with van der Waals surface area (Å²) in [7, 11) is 0. The van der Waals surface area contributed by atoms with Crippen LogP contribution in [0.25, 0.3) is 10.8 Å². The molecule has 1 atom stereocenters. The monoisotopic (exact) mass is 424 g/mol. The molecule has 0 amide bonds. The molecule has 0 radical (unpaired) electrons. The molecule has 0 fully saturated rings. The second-order valence-corrected chi connectivity index (χ2v) is 9.53. The molecule has 2 aromatic carbocycles. The lowest BCUT2D eigenvalue weighted by atomic mass is 9.82. The highest BCUT2D eigenvalue weighted by Crippen LogP contribution is 2.45. The van der Waals surface area contributed by atoms with Gasteiger partial charge in [-0.1, -0.05) is 96.4 Å². The number of unbranched alkanes of at least 4 members (excludes halogenated alkanes) is 8. The molecule has 0 aliphatic heterocycles. The van der Waals surface area contributed by atoms with Crippen LogP contribution >= 0.6 is 0 Å². The molecule has 2 aromatic rings. The topological polar surface area (TPSA) is 18.5 Å². The van der Waals surface area contributed by atoms with Gasteiger partial charge in [-0.05, 0) is 38.0 Å². The van der Waals surface area contributed by atoms with Gasteiger partial charge in [-0.3, -0.25) is 0 Å². The number of benzene rings is 2. The molecule has 0 heterocycles. The molecule has 1 aliphatic rings. The highest BCUT2D eigenvalue weighted by atomic mass is 16.5. The highest BCUT2D eigenvalue weighted by Gasteiger charge is 2.26. The van der Waals surface area contributed by atoms with E-state index >= 15 is 0 Å². The van der Waals surface area contributed by atoms with Gasteiger partial charge in [0.15, 0.2) is 0 Å². The quantitative estimate of drug-likeness (QED) is 0.282. The lowest BCUT2D eigenvalue weighted by Crippen LogP contribution is -2.16. The largest absolute Gasteiger partial charge is 0.493 e. The summed E-state index contributed by atoms with van der Waals surface area (Å²) in [5.41, 5.74) is 2.85. The van der Waals surface area contributed by atoms with Gasteiger partial charge >= 0.3 is 0 Å². The smallest absolute Gasteiger partial charge is 0.130 e. The van der Waals surface area contributed by atoms with Gasteiger partial charge in [0.2, 0.25) is 0 Å². The van der Waals surface area contributed by atoms with E-state index in [0.29, 0.717) is 5.92 Å². The van der Waals surface area contributed by atoms with E-state index < -0.39 is 0 Å². The predicted octanol–water partition coefficient (Wildman–Crippen LogP) is 8.66. The van der Waals surface area contributed by atoms with Crippen molar-refractivity contribution >= 4 is 10.8 Å². The Bertz CT molecular complexity index is 795. The molecule has 0 spiro atoms. The van der Waals surface area contributed by atoms with E-state index in [1.807, 2.05) is 0 Å². The summed E-state index contributed by atoms with van der Waals surface area (Å²) < 4.78 is 13.0. The van der Waals surface area contributed by atoms with Crippen LogP contribution in [-0.2, 0) is 12.8 Å². The third kappa shape index (κ3) is 6.64. The number of ether oxygens (including phenoxy) is 2. The van der Waals surface area contributed by atoms with Crippen LogP contribution in [0.15, 0.2) is 24.3 Å². The van der Waals surface area contributed by atoms with Crippen molar-refractivity contribution in [3.8, 4) is 11.5 Å². The first-order valence-electron chi connectivity index (χ1n) is 13.1. The molecular weight excluding hydrogens is 380 g/mol. The molecular formula is C29H44O2. The van der Waals surface area contributed by atoms with Crippen molar-refractivity contribution < 1.29 is 9.47 Å². The third-order valence-corrected chi connectivity index (χ3v) is 6.76. The minimum absolute atomic E-state index is 0.711. The molecule has 0 saturated heterocycles. The second kappa shape index (κ2) is 13.0. The van der Waals surface area contributed by atoms with Crippen LogP contribution in [0.5, 0.6) is 11.5 Å². The fourth-order valence-corrected chi connectivity index (χ4v) is 4.89. The molecule has 2 nitrogen and oxygen atoms in total. The van der Waals surface area contributed by atoms with Crippen LogP contribution in [-0.4, -0.2) is 13.2 Å². The van der Waals surface area contributed by atoms with E-state index in [9.17, 15) is 0 Å². The molecule has 172 valence electrons. The van der Waals surface area contributed by atoms with E-state index in [4.69, 9.17) is 9.47 Å². The Morgan fingerprint density at radius 3 is 1.77 bits per heavy atom. The molecule has 0 saturated carbocycles. The number of hydrogen-bond acceptors (Lipinski definition) is 2. The van der Waals surface area contributed by atoms with Crippen molar-refractivity contribution in [1.29, 1.82) is 0 Å². The zero-order chi connectivity index (χ0) is 21.9. The first kappa shape index (κ1) is 24.0. The first-order valence-corrected chi connectivity index (χ1v) is 13.1. The van der Waals surface area contributed by atoms with Crippen LogP contribution in [0, 0.1) is 5.92 Å². The van der Waals surface area contributed by atoms with Crippen LogP contribution in [0.3, 0.4) is 0 Å². The minimum atomic E-state index is 0.711. The average Bonchev–Trinajstić information content (AvgIpc) is 2.79.